The van der Waals surface area contributed by atoms with Crippen molar-refractivity contribution in [2.45, 2.75) is 37.2 Å². The SMILES string of the molecule is CCc1ccc(S(=O)(=O)NC(Cc2ccc(-c3cccc(NC(=O)NCc4ccncc4)c3)cc2)C(=O)O)cc1. The van der Waals surface area contributed by atoms with Crippen LogP contribution >= 0.6 is 0 Å². The maximum absolute atomic E-state index is 12.8. The smallest absolute Gasteiger partial charge is 0.322 e. The summed E-state index contributed by atoms with van der Waals surface area (Å²) >= 11 is 0. The Bertz CT molecular complexity index is 1560. The summed E-state index contributed by atoms with van der Waals surface area (Å²) in [6.45, 7) is 2.33. The Labute approximate surface area is 233 Å². The molecule has 0 radical (unpaired) electrons. The molecule has 0 saturated heterocycles. The minimum absolute atomic E-state index is 0.0193. The van der Waals surface area contributed by atoms with Crippen molar-refractivity contribution in [1.29, 1.82) is 0 Å². The van der Waals surface area contributed by atoms with Gasteiger partial charge in [0.1, 0.15) is 6.04 Å². The number of amides is 2. The van der Waals surface area contributed by atoms with E-state index < -0.39 is 22.0 Å². The summed E-state index contributed by atoms with van der Waals surface area (Å²) in [6, 6.07) is 22.9. The second kappa shape index (κ2) is 13.0. The van der Waals surface area contributed by atoms with E-state index in [-0.39, 0.29) is 17.3 Å². The number of nitrogens with zero attached hydrogens (tertiary/aromatic N) is 1. The molecule has 1 heterocycles. The summed E-state index contributed by atoms with van der Waals surface area (Å²) in [5.41, 5.74) is 4.89. The Morgan fingerprint density at radius 1 is 0.850 bits per heavy atom. The molecule has 0 spiro atoms. The predicted molar refractivity (Wildman–Crippen MR) is 153 cm³/mol. The van der Waals surface area contributed by atoms with Gasteiger partial charge >= 0.3 is 12.0 Å². The maximum Gasteiger partial charge on any atom is 0.322 e. The highest BCUT2D eigenvalue weighted by molar-refractivity contribution is 7.89. The van der Waals surface area contributed by atoms with Gasteiger partial charge in [0, 0.05) is 24.6 Å². The van der Waals surface area contributed by atoms with Crippen LogP contribution in [-0.2, 0) is 34.2 Å². The van der Waals surface area contributed by atoms with Crippen LogP contribution in [0.3, 0.4) is 0 Å². The van der Waals surface area contributed by atoms with E-state index in [9.17, 15) is 23.1 Å². The van der Waals surface area contributed by atoms with Crippen LogP contribution in [0.5, 0.6) is 0 Å². The van der Waals surface area contributed by atoms with Gasteiger partial charge in [0.15, 0.2) is 0 Å². The minimum atomic E-state index is -4.01. The van der Waals surface area contributed by atoms with Gasteiger partial charge in [-0.05, 0) is 77.1 Å². The average Bonchev–Trinajstić information content (AvgIpc) is 2.96. The largest absolute Gasteiger partial charge is 0.480 e. The fourth-order valence-electron chi connectivity index (χ4n) is 4.04. The molecule has 10 heteroatoms. The molecule has 1 aromatic heterocycles. The Balaban J connectivity index is 1.39. The van der Waals surface area contributed by atoms with Gasteiger partial charge in [0.25, 0.3) is 0 Å². The Kier molecular flexibility index (Phi) is 9.26. The predicted octanol–water partition coefficient (Wildman–Crippen LogP) is 4.61. The first kappa shape index (κ1) is 28.5. The third-order valence-electron chi connectivity index (χ3n) is 6.29. The minimum Gasteiger partial charge on any atom is -0.480 e. The molecule has 4 aromatic rings. The van der Waals surface area contributed by atoms with Gasteiger partial charge in [-0.1, -0.05) is 55.5 Å². The highest BCUT2D eigenvalue weighted by Crippen LogP contribution is 2.24. The van der Waals surface area contributed by atoms with E-state index in [0.29, 0.717) is 17.8 Å². The highest BCUT2D eigenvalue weighted by Gasteiger charge is 2.25. The Morgan fingerprint density at radius 3 is 2.17 bits per heavy atom. The highest BCUT2D eigenvalue weighted by atomic mass is 32.2. The van der Waals surface area contributed by atoms with Crippen molar-refractivity contribution in [3.05, 3.63) is 114 Å². The molecular weight excluding hydrogens is 528 g/mol. The number of aromatic nitrogens is 1. The fraction of sp³-hybridized carbons (Fsp3) is 0.167. The molecule has 0 saturated carbocycles. The number of urea groups is 1. The lowest BCUT2D eigenvalue weighted by atomic mass is 10.0. The third kappa shape index (κ3) is 7.75. The van der Waals surface area contributed by atoms with E-state index in [4.69, 9.17) is 0 Å². The number of hydrogen-bond donors (Lipinski definition) is 4. The molecule has 0 bridgehead atoms. The standard InChI is InChI=1S/C30H30N4O5S/c1-2-21-8-12-27(13-9-21)40(38,39)34-28(29(35)36)18-22-6-10-24(11-7-22)25-4-3-5-26(19-25)33-30(37)32-20-23-14-16-31-17-15-23/h3-17,19,28,34H,2,18,20H2,1H3,(H,35,36)(H2,32,33,37). The lowest BCUT2D eigenvalue weighted by Crippen LogP contribution is -2.42. The second-order valence-electron chi connectivity index (χ2n) is 9.15. The van der Waals surface area contributed by atoms with Crippen LogP contribution in [-0.4, -0.2) is 36.6 Å². The van der Waals surface area contributed by atoms with Crippen LogP contribution < -0.4 is 15.4 Å². The lowest BCUT2D eigenvalue weighted by Gasteiger charge is -2.15. The van der Waals surface area contributed by atoms with Gasteiger partial charge in [0.05, 0.1) is 4.90 Å². The molecule has 0 aliphatic carbocycles. The molecule has 4 rings (SSSR count). The van der Waals surface area contributed by atoms with Crippen molar-refractivity contribution in [2.24, 2.45) is 0 Å². The number of pyridine rings is 1. The molecule has 1 atom stereocenters. The average molecular weight is 559 g/mol. The first-order valence-corrected chi connectivity index (χ1v) is 14.2. The summed E-state index contributed by atoms with van der Waals surface area (Å²) in [4.78, 5) is 28.2. The van der Waals surface area contributed by atoms with E-state index in [1.165, 1.54) is 12.1 Å². The van der Waals surface area contributed by atoms with Gasteiger partial charge in [-0.25, -0.2) is 13.2 Å². The van der Waals surface area contributed by atoms with Crippen LogP contribution in [0.2, 0.25) is 0 Å². The van der Waals surface area contributed by atoms with Crippen molar-refractivity contribution in [1.82, 2.24) is 15.0 Å². The van der Waals surface area contributed by atoms with Crippen molar-refractivity contribution < 1.29 is 23.1 Å². The number of benzene rings is 3. The van der Waals surface area contributed by atoms with Gasteiger partial charge in [0.2, 0.25) is 10.0 Å². The van der Waals surface area contributed by atoms with Crippen LogP contribution in [0, 0.1) is 0 Å². The normalized spacial score (nSPS) is 11.9. The zero-order valence-electron chi connectivity index (χ0n) is 21.9. The van der Waals surface area contributed by atoms with Crippen LogP contribution in [0.25, 0.3) is 11.1 Å². The number of carboxylic acids is 1. The molecule has 0 aliphatic heterocycles. The monoisotopic (exact) mass is 558 g/mol. The molecule has 2 amide bonds. The zero-order chi connectivity index (χ0) is 28.5. The summed E-state index contributed by atoms with van der Waals surface area (Å²) in [6.07, 6.45) is 4.07. The van der Waals surface area contributed by atoms with Crippen LogP contribution in [0.15, 0.2) is 102 Å². The second-order valence-corrected chi connectivity index (χ2v) is 10.9. The Hall–Kier alpha value is -4.54. The number of hydrogen-bond acceptors (Lipinski definition) is 5. The van der Waals surface area contributed by atoms with E-state index in [2.05, 4.69) is 20.3 Å². The van der Waals surface area contributed by atoms with Gasteiger partial charge in [-0.15, -0.1) is 0 Å². The lowest BCUT2D eigenvalue weighted by molar-refractivity contribution is -0.138. The first-order valence-electron chi connectivity index (χ1n) is 12.7. The van der Waals surface area contributed by atoms with E-state index in [0.717, 1.165) is 28.7 Å². The zero-order valence-corrected chi connectivity index (χ0v) is 22.7. The van der Waals surface area contributed by atoms with E-state index in [1.807, 2.05) is 49.4 Å². The first-order chi connectivity index (χ1) is 19.2. The number of carbonyl (C=O) groups is 2. The third-order valence-corrected chi connectivity index (χ3v) is 7.77. The molecule has 1 unspecified atom stereocenters. The number of nitrogens with one attached hydrogen (secondary N) is 3. The fourth-order valence-corrected chi connectivity index (χ4v) is 5.23. The molecule has 3 aromatic carbocycles. The summed E-state index contributed by atoms with van der Waals surface area (Å²) < 4.78 is 27.9. The molecular formula is C30H30N4O5S. The van der Waals surface area contributed by atoms with Gasteiger partial charge in [-0.2, -0.15) is 4.72 Å². The van der Waals surface area contributed by atoms with Crippen molar-refractivity contribution in [2.75, 3.05) is 5.32 Å². The molecule has 40 heavy (non-hydrogen) atoms. The van der Waals surface area contributed by atoms with E-state index >= 15 is 0 Å². The van der Waals surface area contributed by atoms with E-state index in [1.54, 1.807) is 42.7 Å². The number of aryl methyl sites for hydroxylation is 1. The topological polar surface area (TPSA) is 137 Å². The number of aliphatic carboxylic acids is 1. The molecule has 4 N–H and O–H groups in total. The molecule has 206 valence electrons. The number of carbonyl (C=O) groups excluding carboxylic acids is 1. The van der Waals surface area contributed by atoms with Crippen molar-refractivity contribution in [3.8, 4) is 11.1 Å². The van der Waals surface area contributed by atoms with Gasteiger partial charge < -0.3 is 15.7 Å². The Morgan fingerprint density at radius 2 is 1.52 bits per heavy atom. The summed E-state index contributed by atoms with van der Waals surface area (Å²) in [7, 11) is -4.01. The molecule has 9 nitrogen and oxygen atoms in total. The quantitative estimate of drug-likeness (QED) is 0.212. The van der Waals surface area contributed by atoms with Crippen LogP contribution in [0.4, 0.5) is 10.5 Å². The van der Waals surface area contributed by atoms with Crippen molar-refractivity contribution in [3.63, 3.8) is 0 Å². The summed E-state index contributed by atoms with van der Waals surface area (Å²) in [5.74, 6) is -1.26. The molecule has 0 aliphatic rings. The number of carboxylic acid groups (broad SMARTS) is 1. The van der Waals surface area contributed by atoms with Crippen LogP contribution in [0.1, 0.15) is 23.6 Å². The van der Waals surface area contributed by atoms with Crippen molar-refractivity contribution >= 4 is 27.7 Å². The number of rotatable bonds is 11. The summed E-state index contributed by atoms with van der Waals surface area (Å²) in [5, 5.41) is 15.3. The molecule has 0 fully saturated rings. The number of sulfonamides is 1. The number of anilines is 1. The maximum atomic E-state index is 12.8. The van der Waals surface area contributed by atoms with Gasteiger partial charge in [-0.3, -0.25) is 9.78 Å².